The summed E-state index contributed by atoms with van der Waals surface area (Å²) in [7, 11) is 1.56. The number of carbonyl (C=O) groups is 1. The van der Waals surface area contributed by atoms with E-state index in [0.29, 0.717) is 23.8 Å². The number of ether oxygens (including phenoxy) is 2. The van der Waals surface area contributed by atoms with Crippen LogP contribution in [-0.2, 0) is 4.79 Å². The fourth-order valence-electron chi connectivity index (χ4n) is 1.36. The van der Waals surface area contributed by atoms with Gasteiger partial charge in [-0.15, -0.1) is 0 Å². The maximum Gasteiger partial charge on any atom is 0.311 e. The second kappa shape index (κ2) is 5.54. The number of rotatable bonds is 4. The molecule has 0 aliphatic carbocycles. The predicted molar refractivity (Wildman–Crippen MR) is 62.8 cm³/mol. The standard InChI is InChI=1S/C13H18O3/c1-9(2)7-13(14)16-11-6-5-10(3)8-12(11)15-4/h5-6,8-9H,7H2,1-4H3. The quantitative estimate of drug-likeness (QED) is 0.580. The van der Waals surface area contributed by atoms with Crippen LogP contribution in [0.4, 0.5) is 0 Å². The minimum atomic E-state index is -0.225. The second-order valence-corrected chi connectivity index (χ2v) is 4.23. The van der Waals surface area contributed by atoms with Crippen molar-refractivity contribution in [2.75, 3.05) is 7.11 Å². The lowest BCUT2D eigenvalue weighted by molar-refractivity contribution is -0.135. The highest BCUT2D eigenvalue weighted by Gasteiger charge is 2.11. The highest BCUT2D eigenvalue weighted by atomic mass is 16.6. The third kappa shape index (κ3) is 3.57. The van der Waals surface area contributed by atoms with Gasteiger partial charge >= 0.3 is 5.97 Å². The molecule has 0 heterocycles. The van der Waals surface area contributed by atoms with E-state index in [1.165, 1.54) is 0 Å². The van der Waals surface area contributed by atoms with Gasteiger partial charge in [0, 0.05) is 6.42 Å². The van der Waals surface area contributed by atoms with Crippen LogP contribution in [0, 0.1) is 12.8 Å². The molecule has 0 saturated heterocycles. The number of hydrogen-bond donors (Lipinski definition) is 0. The first-order chi connectivity index (χ1) is 7.52. The summed E-state index contributed by atoms with van der Waals surface area (Å²) in [4.78, 5) is 11.5. The molecular weight excluding hydrogens is 204 g/mol. The Bertz CT molecular complexity index is 369. The van der Waals surface area contributed by atoms with Crippen LogP contribution < -0.4 is 9.47 Å². The molecule has 0 saturated carbocycles. The minimum absolute atomic E-state index is 0.225. The van der Waals surface area contributed by atoms with Crippen molar-refractivity contribution in [2.24, 2.45) is 5.92 Å². The van der Waals surface area contributed by atoms with E-state index in [1.54, 1.807) is 13.2 Å². The summed E-state index contributed by atoms with van der Waals surface area (Å²) in [6, 6.07) is 5.49. The molecule has 3 heteroatoms. The molecule has 0 N–H and O–H groups in total. The van der Waals surface area contributed by atoms with Crippen LogP contribution in [-0.4, -0.2) is 13.1 Å². The fourth-order valence-corrected chi connectivity index (χ4v) is 1.36. The van der Waals surface area contributed by atoms with Crippen molar-refractivity contribution < 1.29 is 14.3 Å². The smallest absolute Gasteiger partial charge is 0.311 e. The van der Waals surface area contributed by atoms with Crippen LogP contribution in [0.1, 0.15) is 25.8 Å². The summed E-state index contributed by atoms with van der Waals surface area (Å²) in [5.74, 6) is 1.15. The molecule has 0 aromatic heterocycles. The van der Waals surface area contributed by atoms with E-state index in [-0.39, 0.29) is 5.97 Å². The van der Waals surface area contributed by atoms with Crippen LogP contribution >= 0.6 is 0 Å². The Morgan fingerprint density at radius 2 is 2.00 bits per heavy atom. The molecule has 0 aliphatic heterocycles. The minimum Gasteiger partial charge on any atom is -0.493 e. The van der Waals surface area contributed by atoms with Gasteiger partial charge in [-0.05, 0) is 30.5 Å². The Morgan fingerprint density at radius 1 is 1.31 bits per heavy atom. The summed E-state index contributed by atoms with van der Waals surface area (Å²) >= 11 is 0. The molecule has 0 spiro atoms. The molecule has 88 valence electrons. The zero-order valence-electron chi connectivity index (χ0n) is 10.2. The summed E-state index contributed by atoms with van der Waals surface area (Å²) in [6.07, 6.45) is 0.414. The van der Waals surface area contributed by atoms with Crippen molar-refractivity contribution >= 4 is 5.97 Å². The Kier molecular flexibility index (Phi) is 4.35. The monoisotopic (exact) mass is 222 g/mol. The van der Waals surface area contributed by atoms with Crippen LogP contribution in [0.3, 0.4) is 0 Å². The first-order valence-electron chi connectivity index (χ1n) is 5.38. The molecule has 0 fully saturated rings. The highest BCUT2D eigenvalue weighted by Crippen LogP contribution is 2.28. The lowest BCUT2D eigenvalue weighted by Crippen LogP contribution is -2.11. The lowest BCUT2D eigenvalue weighted by Gasteiger charge is -2.10. The van der Waals surface area contributed by atoms with Crippen molar-refractivity contribution in [1.82, 2.24) is 0 Å². The van der Waals surface area contributed by atoms with Crippen molar-refractivity contribution in [3.8, 4) is 11.5 Å². The molecular formula is C13H18O3. The molecule has 0 atom stereocenters. The third-order valence-corrected chi connectivity index (χ3v) is 2.12. The van der Waals surface area contributed by atoms with E-state index in [9.17, 15) is 4.79 Å². The van der Waals surface area contributed by atoms with Crippen molar-refractivity contribution in [3.05, 3.63) is 23.8 Å². The predicted octanol–water partition coefficient (Wildman–Crippen LogP) is 2.96. The molecule has 1 rings (SSSR count). The van der Waals surface area contributed by atoms with Gasteiger partial charge < -0.3 is 9.47 Å². The molecule has 0 unspecified atom stereocenters. The Hall–Kier alpha value is -1.51. The Morgan fingerprint density at radius 3 is 2.56 bits per heavy atom. The number of aryl methyl sites for hydroxylation is 1. The molecule has 16 heavy (non-hydrogen) atoms. The molecule has 0 bridgehead atoms. The highest BCUT2D eigenvalue weighted by molar-refractivity contribution is 5.73. The van der Waals surface area contributed by atoms with Crippen LogP contribution in [0.2, 0.25) is 0 Å². The summed E-state index contributed by atoms with van der Waals surface area (Å²) in [6.45, 7) is 5.92. The molecule has 3 nitrogen and oxygen atoms in total. The zero-order chi connectivity index (χ0) is 12.1. The van der Waals surface area contributed by atoms with E-state index >= 15 is 0 Å². The number of carbonyl (C=O) groups excluding carboxylic acids is 1. The van der Waals surface area contributed by atoms with Gasteiger partial charge in [-0.2, -0.15) is 0 Å². The average molecular weight is 222 g/mol. The van der Waals surface area contributed by atoms with E-state index < -0.39 is 0 Å². The first kappa shape index (κ1) is 12.6. The van der Waals surface area contributed by atoms with Gasteiger partial charge in [-0.3, -0.25) is 4.79 Å². The number of benzene rings is 1. The summed E-state index contributed by atoms with van der Waals surface area (Å²) in [5, 5.41) is 0. The fraction of sp³-hybridized carbons (Fsp3) is 0.462. The van der Waals surface area contributed by atoms with Crippen molar-refractivity contribution in [2.45, 2.75) is 27.2 Å². The first-order valence-corrected chi connectivity index (χ1v) is 5.38. The molecule has 0 radical (unpaired) electrons. The lowest BCUT2D eigenvalue weighted by atomic mass is 10.1. The van der Waals surface area contributed by atoms with Crippen molar-refractivity contribution in [1.29, 1.82) is 0 Å². The average Bonchev–Trinajstić information content (AvgIpc) is 2.19. The van der Waals surface area contributed by atoms with E-state index in [2.05, 4.69) is 0 Å². The zero-order valence-corrected chi connectivity index (χ0v) is 10.2. The molecule has 1 aromatic rings. The van der Waals surface area contributed by atoms with Gasteiger partial charge in [0.15, 0.2) is 11.5 Å². The Labute approximate surface area is 96.4 Å². The van der Waals surface area contributed by atoms with Gasteiger partial charge in [-0.1, -0.05) is 19.9 Å². The van der Waals surface area contributed by atoms with Gasteiger partial charge in [0.1, 0.15) is 0 Å². The van der Waals surface area contributed by atoms with Crippen molar-refractivity contribution in [3.63, 3.8) is 0 Å². The topological polar surface area (TPSA) is 35.5 Å². The van der Waals surface area contributed by atoms with Gasteiger partial charge in [-0.25, -0.2) is 0 Å². The van der Waals surface area contributed by atoms with Crippen LogP contribution in [0.25, 0.3) is 0 Å². The maximum absolute atomic E-state index is 11.5. The SMILES string of the molecule is COc1cc(C)ccc1OC(=O)CC(C)C. The van der Waals surface area contributed by atoms with Gasteiger partial charge in [0.05, 0.1) is 7.11 Å². The maximum atomic E-state index is 11.5. The summed E-state index contributed by atoms with van der Waals surface area (Å²) < 4.78 is 10.4. The third-order valence-electron chi connectivity index (χ3n) is 2.12. The van der Waals surface area contributed by atoms with E-state index in [4.69, 9.17) is 9.47 Å². The van der Waals surface area contributed by atoms with E-state index in [1.807, 2.05) is 32.9 Å². The number of hydrogen-bond acceptors (Lipinski definition) is 3. The largest absolute Gasteiger partial charge is 0.493 e. The van der Waals surface area contributed by atoms with Gasteiger partial charge in [0.25, 0.3) is 0 Å². The van der Waals surface area contributed by atoms with Gasteiger partial charge in [0.2, 0.25) is 0 Å². The number of methoxy groups -OCH3 is 1. The van der Waals surface area contributed by atoms with Crippen LogP contribution in [0.5, 0.6) is 11.5 Å². The normalized spacial score (nSPS) is 10.3. The molecule has 0 amide bonds. The molecule has 1 aromatic carbocycles. The number of esters is 1. The molecule has 0 aliphatic rings. The summed E-state index contributed by atoms with van der Waals surface area (Å²) in [5.41, 5.74) is 1.07. The van der Waals surface area contributed by atoms with Crippen LogP contribution in [0.15, 0.2) is 18.2 Å². The van der Waals surface area contributed by atoms with E-state index in [0.717, 1.165) is 5.56 Å². The Balaban J connectivity index is 2.76. The second-order valence-electron chi connectivity index (χ2n) is 4.23.